The highest BCUT2D eigenvalue weighted by Crippen LogP contribution is 2.38. The molecule has 1 heterocycles. The topological polar surface area (TPSA) is 54.0 Å². The van der Waals surface area contributed by atoms with Crippen LogP contribution >= 0.6 is 0 Å². The van der Waals surface area contributed by atoms with Crippen molar-refractivity contribution in [3.8, 4) is 17.2 Å². The third kappa shape index (κ3) is 3.74. The van der Waals surface area contributed by atoms with E-state index in [4.69, 9.17) is 18.9 Å². The molecule has 0 radical (unpaired) electrons. The number of carbonyl (C=O) groups excluding carboxylic acids is 1. The van der Waals surface area contributed by atoms with E-state index in [9.17, 15) is 4.79 Å². The lowest BCUT2D eigenvalue weighted by atomic mass is 10.1. The third-order valence-electron chi connectivity index (χ3n) is 3.43. The van der Waals surface area contributed by atoms with Crippen LogP contribution in [0.3, 0.4) is 0 Å². The van der Waals surface area contributed by atoms with Crippen LogP contribution in [-0.2, 0) is 22.6 Å². The molecule has 23 heavy (non-hydrogen) atoms. The Morgan fingerprint density at radius 2 is 1.87 bits per heavy atom. The van der Waals surface area contributed by atoms with Gasteiger partial charge in [-0.2, -0.15) is 0 Å². The summed E-state index contributed by atoms with van der Waals surface area (Å²) in [6.07, 6.45) is 0.134. The Hall–Kier alpha value is -2.69. The maximum absolute atomic E-state index is 11.8. The van der Waals surface area contributed by atoms with E-state index in [-0.39, 0.29) is 19.2 Å². The highest BCUT2D eigenvalue weighted by atomic mass is 16.7. The van der Waals surface area contributed by atoms with E-state index >= 15 is 0 Å². The van der Waals surface area contributed by atoms with Gasteiger partial charge in [0.2, 0.25) is 6.79 Å². The summed E-state index contributed by atoms with van der Waals surface area (Å²) in [7, 11) is 0. The second-order valence-electron chi connectivity index (χ2n) is 5.07. The summed E-state index contributed by atoms with van der Waals surface area (Å²) >= 11 is 0. The summed E-state index contributed by atoms with van der Waals surface area (Å²) in [5, 5.41) is 0. The standard InChI is InChI=1S/C18H18O5/c1-2-20-18(19)9-14-8-16-17(23-12-22-16)10-15(14)21-11-13-6-4-3-5-7-13/h3-8,10H,2,9,11-12H2,1H3. The van der Waals surface area contributed by atoms with E-state index in [0.717, 1.165) is 11.1 Å². The van der Waals surface area contributed by atoms with Crippen LogP contribution in [0, 0.1) is 0 Å². The summed E-state index contributed by atoms with van der Waals surface area (Å²) in [5.41, 5.74) is 1.77. The van der Waals surface area contributed by atoms with Gasteiger partial charge in [-0.3, -0.25) is 4.79 Å². The fourth-order valence-corrected chi connectivity index (χ4v) is 2.34. The first kappa shape index (κ1) is 15.2. The molecule has 0 unspecified atom stereocenters. The molecule has 3 rings (SSSR count). The molecule has 0 N–H and O–H groups in total. The van der Waals surface area contributed by atoms with Crippen molar-refractivity contribution in [2.24, 2.45) is 0 Å². The third-order valence-corrected chi connectivity index (χ3v) is 3.43. The second kappa shape index (κ2) is 7.05. The number of carbonyl (C=O) groups is 1. The molecule has 5 nitrogen and oxygen atoms in total. The van der Waals surface area contributed by atoms with Crippen molar-refractivity contribution in [2.75, 3.05) is 13.4 Å². The average molecular weight is 314 g/mol. The summed E-state index contributed by atoms with van der Waals surface area (Å²) in [6, 6.07) is 13.4. The lowest BCUT2D eigenvalue weighted by Crippen LogP contribution is -2.09. The molecule has 0 saturated carbocycles. The van der Waals surface area contributed by atoms with Crippen LogP contribution in [0.5, 0.6) is 17.2 Å². The van der Waals surface area contributed by atoms with Crippen LogP contribution in [0.15, 0.2) is 42.5 Å². The molecule has 0 saturated heterocycles. The van der Waals surface area contributed by atoms with E-state index in [1.54, 1.807) is 19.1 Å². The molecule has 5 heteroatoms. The van der Waals surface area contributed by atoms with E-state index in [1.165, 1.54) is 0 Å². The average Bonchev–Trinajstić information content (AvgIpc) is 3.01. The van der Waals surface area contributed by atoms with Crippen molar-refractivity contribution < 1.29 is 23.7 Å². The van der Waals surface area contributed by atoms with Crippen LogP contribution in [0.1, 0.15) is 18.1 Å². The van der Waals surface area contributed by atoms with Crippen molar-refractivity contribution in [1.29, 1.82) is 0 Å². The minimum absolute atomic E-state index is 0.134. The first-order chi connectivity index (χ1) is 11.3. The van der Waals surface area contributed by atoms with E-state index in [2.05, 4.69) is 0 Å². The Kier molecular flexibility index (Phi) is 4.66. The Balaban J connectivity index is 1.80. The van der Waals surface area contributed by atoms with Crippen molar-refractivity contribution in [3.63, 3.8) is 0 Å². The van der Waals surface area contributed by atoms with Gasteiger partial charge in [0.05, 0.1) is 13.0 Å². The van der Waals surface area contributed by atoms with Gasteiger partial charge in [-0.05, 0) is 18.6 Å². The van der Waals surface area contributed by atoms with Crippen LogP contribution in [0.25, 0.3) is 0 Å². The molecule has 1 aliphatic heterocycles. The second-order valence-corrected chi connectivity index (χ2v) is 5.07. The molecular weight excluding hydrogens is 296 g/mol. The maximum Gasteiger partial charge on any atom is 0.310 e. The molecule has 0 bridgehead atoms. The molecule has 2 aromatic rings. The maximum atomic E-state index is 11.8. The zero-order valence-corrected chi connectivity index (χ0v) is 12.9. The lowest BCUT2D eigenvalue weighted by Gasteiger charge is -2.12. The molecule has 2 aromatic carbocycles. The van der Waals surface area contributed by atoms with Crippen LogP contribution in [0.2, 0.25) is 0 Å². The Labute approximate surface area is 134 Å². The van der Waals surface area contributed by atoms with Crippen molar-refractivity contribution in [3.05, 3.63) is 53.6 Å². The smallest absolute Gasteiger partial charge is 0.310 e. The van der Waals surface area contributed by atoms with Gasteiger partial charge in [0, 0.05) is 11.6 Å². The van der Waals surface area contributed by atoms with Crippen molar-refractivity contribution in [1.82, 2.24) is 0 Å². The number of rotatable bonds is 6. The normalized spacial score (nSPS) is 12.0. The minimum Gasteiger partial charge on any atom is -0.488 e. The first-order valence-electron chi connectivity index (χ1n) is 7.51. The van der Waals surface area contributed by atoms with Crippen LogP contribution < -0.4 is 14.2 Å². The van der Waals surface area contributed by atoms with Crippen molar-refractivity contribution >= 4 is 5.97 Å². The number of benzene rings is 2. The Morgan fingerprint density at radius 3 is 2.61 bits per heavy atom. The highest BCUT2D eigenvalue weighted by Gasteiger charge is 2.20. The monoisotopic (exact) mass is 314 g/mol. The van der Waals surface area contributed by atoms with Gasteiger partial charge in [-0.15, -0.1) is 0 Å². The van der Waals surface area contributed by atoms with Gasteiger partial charge in [-0.1, -0.05) is 30.3 Å². The fourth-order valence-electron chi connectivity index (χ4n) is 2.34. The van der Waals surface area contributed by atoms with Gasteiger partial charge in [0.1, 0.15) is 12.4 Å². The largest absolute Gasteiger partial charge is 0.488 e. The number of hydrogen-bond donors (Lipinski definition) is 0. The fraction of sp³-hybridized carbons (Fsp3) is 0.278. The Morgan fingerprint density at radius 1 is 1.13 bits per heavy atom. The van der Waals surface area contributed by atoms with E-state index in [0.29, 0.717) is 30.5 Å². The van der Waals surface area contributed by atoms with Crippen LogP contribution in [0.4, 0.5) is 0 Å². The van der Waals surface area contributed by atoms with Gasteiger partial charge >= 0.3 is 5.97 Å². The zero-order valence-electron chi connectivity index (χ0n) is 12.9. The van der Waals surface area contributed by atoms with Crippen LogP contribution in [-0.4, -0.2) is 19.4 Å². The highest BCUT2D eigenvalue weighted by molar-refractivity contribution is 5.74. The number of esters is 1. The minimum atomic E-state index is -0.295. The summed E-state index contributed by atoms with van der Waals surface area (Å²) in [4.78, 5) is 11.8. The molecule has 0 aliphatic carbocycles. The Bertz CT molecular complexity index is 681. The summed E-state index contributed by atoms with van der Waals surface area (Å²) in [6.45, 7) is 2.72. The molecule has 1 aliphatic rings. The van der Waals surface area contributed by atoms with Crippen molar-refractivity contribution in [2.45, 2.75) is 20.0 Å². The quantitative estimate of drug-likeness (QED) is 0.767. The van der Waals surface area contributed by atoms with Gasteiger partial charge < -0.3 is 18.9 Å². The molecule has 0 atom stereocenters. The van der Waals surface area contributed by atoms with Gasteiger partial charge in [0.15, 0.2) is 11.5 Å². The number of hydrogen-bond acceptors (Lipinski definition) is 5. The lowest BCUT2D eigenvalue weighted by molar-refractivity contribution is -0.142. The SMILES string of the molecule is CCOC(=O)Cc1cc2c(cc1OCc1ccccc1)OCO2. The van der Waals surface area contributed by atoms with Gasteiger partial charge in [-0.25, -0.2) is 0 Å². The molecule has 0 amide bonds. The molecular formula is C18H18O5. The first-order valence-corrected chi connectivity index (χ1v) is 7.51. The predicted octanol–water partition coefficient (Wildman–Crippen LogP) is 3.10. The number of fused-ring (bicyclic) bond motifs is 1. The van der Waals surface area contributed by atoms with E-state index < -0.39 is 0 Å². The predicted molar refractivity (Wildman–Crippen MR) is 83.7 cm³/mol. The molecule has 120 valence electrons. The van der Waals surface area contributed by atoms with Gasteiger partial charge in [0.25, 0.3) is 0 Å². The van der Waals surface area contributed by atoms with E-state index in [1.807, 2.05) is 30.3 Å². The summed E-state index contributed by atoms with van der Waals surface area (Å²) in [5.74, 6) is 1.55. The molecule has 0 fully saturated rings. The zero-order chi connectivity index (χ0) is 16.1. The number of ether oxygens (including phenoxy) is 4. The molecule has 0 spiro atoms. The molecule has 0 aromatic heterocycles. The summed E-state index contributed by atoms with van der Waals surface area (Å²) < 4.78 is 21.6.